The van der Waals surface area contributed by atoms with E-state index in [0.717, 1.165) is 17.4 Å². The first-order valence-electron chi connectivity index (χ1n) is 5.03. The van der Waals surface area contributed by atoms with Gasteiger partial charge in [-0.15, -0.1) is 0 Å². The predicted octanol–water partition coefficient (Wildman–Crippen LogP) is 1.28. The van der Waals surface area contributed by atoms with Crippen molar-refractivity contribution in [3.8, 4) is 0 Å². The van der Waals surface area contributed by atoms with Crippen molar-refractivity contribution in [1.82, 2.24) is 0 Å². The minimum absolute atomic E-state index is 0.382. The fourth-order valence-corrected chi connectivity index (χ4v) is 2.45. The summed E-state index contributed by atoms with van der Waals surface area (Å²) in [6.07, 6.45) is 4.34. The quantitative estimate of drug-likeness (QED) is 0.716. The number of methoxy groups -OCH3 is 2. The lowest BCUT2D eigenvalue weighted by Crippen LogP contribution is -2.39. The lowest BCUT2D eigenvalue weighted by atomic mass is 9.92. The Morgan fingerprint density at radius 1 is 1.12 bits per heavy atom. The third kappa shape index (κ3) is 2.83. The van der Waals surface area contributed by atoms with E-state index in [1.807, 2.05) is 0 Å². The maximum absolute atomic E-state index is 11.1. The summed E-state index contributed by atoms with van der Waals surface area (Å²) in [4.78, 5) is 0. The summed E-state index contributed by atoms with van der Waals surface area (Å²) in [5.41, 5.74) is 1.89. The molecule has 0 bridgehead atoms. The molecule has 0 spiro atoms. The van der Waals surface area contributed by atoms with E-state index in [1.54, 1.807) is 26.0 Å². The zero-order valence-corrected chi connectivity index (χ0v) is 11.5. The van der Waals surface area contributed by atoms with Crippen LogP contribution in [0.2, 0.25) is 0 Å². The molecule has 0 atom stereocenters. The molecule has 0 saturated heterocycles. The number of ether oxygens (including phenoxy) is 2. The van der Waals surface area contributed by atoms with Gasteiger partial charge in [0.25, 0.3) is 10.0 Å². The van der Waals surface area contributed by atoms with Crippen molar-refractivity contribution < 1.29 is 17.9 Å². The smallest absolute Gasteiger partial charge is 0.250 e. The van der Waals surface area contributed by atoms with Crippen molar-refractivity contribution in [2.75, 3.05) is 20.5 Å². The Kier molecular flexibility index (Phi) is 3.91. The minimum Gasteiger partial charge on any atom is -0.346 e. The van der Waals surface area contributed by atoms with E-state index in [2.05, 4.69) is 4.40 Å². The molecule has 0 radical (unpaired) electrons. The van der Waals surface area contributed by atoms with E-state index >= 15 is 0 Å². The first-order valence-corrected chi connectivity index (χ1v) is 6.88. The van der Waals surface area contributed by atoms with Gasteiger partial charge in [-0.25, -0.2) is 8.42 Å². The minimum atomic E-state index is -3.40. The molecule has 0 aromatic heterocycles. The average molecular weight is 259 g/mol. The number of rotatable bonds is 3. The predicted molar refractivity (Wildman–Crippen MR) is 66.5 cm³/mol. The van der Waals surface area contributed by atoms with E-state index in [4.69, 9.17) is 9.47 Å². The van der Waals surface area contributed by atoms with Crippen molar-refractivity contribution in [3.05, 3.63) is 23.3 Å². The van der Waals surface area contributed by atoms with Gasteiger partial charge in [0.2, 0.25) is 5.79 Å². The van der Waals surface area contributed by atoms with Gasteiger partial charge in [-0.05, 0) is 37.1 Å². The Morgan fingerprint density at radius 2 is 1.53 bits per heavy atom. The van der Waals surface area contributed by atoms with E-state index < -0.39 is 15.8 Å². The largest absolute Gasteiger partial charge is 0.346 e. The second kappa shape index (κ2) is 4.72. The van der Waals surface area contributed by atoms with Crippen molar-refractivity contribution in [1.29, 1.82) is 0 Å². The van der Waals surface area contributed by atoms with Gasteiger partial charge in [-0.3, -0.25) is 0 Å². The van der Waals surface area contributed by atoms with Gasteiger partial charge in [0.1, 0.15) is 0 Å². The Labute approximate surface area is 102 Å². The molecule has 5 nitrogen and oxygen atoms in total. The van der Waals surface area contributed by atoms with Gasteiger partial charge < -0.3 is 9.47 Å². The van der Waals surface area contributed by atoms with Gasteiger partial charge in [-0.2, -0.15) is 4.40 Å². The Bertz CT molecular complexity index is 472. The maximum atomic E-state index is 11.1. The summed E-state index contributed by atoms with van der Waals surface area (Å²) in [5, 5.41) is 0. The number of hydrogen-bond donors (Lipinski definition) is 0. The monoisotopic (exact) mass is 259 g/mol. The summed E-state index contributed by atoms with van der Waals surface area (Å²) < 4.78 is 36.6. The second-order valence-corrected chi connectivity index (χ2v) is 5.58. The molecule has 0 saturated carbocycles. The maximum Gasteiger partial charge on any atom is 0.250 e. The first kappa shape index (κ1) is 14.1. The zero-order chi connectivity index (χ0) is 13.3. The van der Waals surface area contributed by atoms with Crippen LogP contribution in [-0.2, 0) is 19.5 Å². The molecular weight excluding hydrogens is 242 g/mol. The molecule has 0 heterocycles. The van der Waals surface area contributed by atoms with Gasteiger partial charge >= 0.3 is 0 Å². The average Bonchev–Trinajstić information content (AvgIpc) is 2.16. The van der Waals surface area contributed by atoms with Crippen LogP contribution >= 0.6 is 0 Å². The van der Waals surface area contributed by atoms with Crippen molar-refractivity contribution >= 4 is 15.7 Å². The lowest BCUT2D eigenvalue weighted by molar-refractivity contribution is -0.150. The van der Waals surface area contributed by atoms with Gasteiger partial charge in [-0.1, -0.05) is 0 Å². The topological polar surface area (TPSA) is 65.0 Å². The Hall–Kier alpha value is -0.980. The molecule has 6 heteroatoms. The third-order valence-electron chi connectivity index (χ3n) is 2.61. The molecule has 1 aliphatic carbocycles. The summed E-state index contributed by atoms with van der Waals surface area (Å²) in [6.45, 7) is 3.61. The fraction of sp³-hybridized carbons (Fsp3) is 0.545. The summed E-state index contributed by atoms with van der Waals surface area (Å²) in [7, 11) is -0.327. The highest BCUT2D eigenvalue weighted by molar-refractivity contribution is 7.89. The molecule has 0 N–H and O–H groups in total. The number of nitrogens with zero attached hydrogens (tertiary/aromatic N) is 1. The molecule has 1 aliphatic rings. The van der Waals surface area contributed by atoms with Gasteiger partial charge in [0.05, 0.1) is 12.0 Å². The molecule has 0 aromatic rings. The molecule has 0 fully saturated rings. The normalized spacial score (nSPS) is 19.7. The van der Waals surface area contributed by atoms with Crippen LogP contribution in [0.5, 0.6) is 0 Å². The van der Waals surface area contributed by atoms with Crippen LogP contribution in [0.3, 0.4) is 0 Å². The van der Waals surface area contributed by atoms with E-state index in [-0.39, 0.29) is 0 Å². The van der Waals surface area contributed by atoms with Crippen LogP contribution in [0.1, 0.15) is 13.8 Å². The van der Waals surface area contributed by atoms with Crippen LogP contribution in [0, 0.1) is 0 Å². The number of sulfonamides is 1. The second-order valence-electron chi connectivity index (χ2n) is 3.93. The lowest BCUT2D eigenvalue weighted by Gasteiger charge is -2.35. The summed E-state index contributed by atoms with van der Waals surface area (Å²) in [5.74, 6) is -0.920. The third-order valence-corrected chi connectivity index (χ3v) is 3.16. The molecule has 0 aromatic carbocycles. The summed E-state index contributed by atoms with van der Waals surface area (Å²) in [6, 6.07) is 0. The van der Waals surface area contributed by atoms with Crippen molar-refractivity contribution in [2.24, 2.45) is 4.40 Å². The standard InChI is InChI=1S/C11H17NO4S/c1-8-6-10(12-17(5,13)14)7-9(2)11(8,15-3)16-4/h6-7H,1-5H3. The van der Waals surface area contributed by atoms with Crippen LogP contribution in [0.25, 0.3) is 0 Å². The van der Waals surface area contributed by atoms with Crippen molar-refractivity contribution in [2.45, 2.75) is 19.6 Å². The molecule has 17 heavy (non-hydrogen) atoms. The Balaban J connectivity index is 3.29. The van der Waals surface area contributed by atoms with E-state index in [0.29, 0.717) is 5.71 Å². The molecule has 0 unspecified atom stereocenters. The van der Waals surface area contributed by atoms with Crippen LogP contribution < -0.4 is 0 Å². The van der Waals surface area contributed by atoms with Gasteiger partial charge in [0.15, 0.2) is 0 Å². The summed E-state index contributed by atoms with van der Waals surface area (Å²) >= 11 is 0. The zero-order valence-electron chi connectivity index (χ0n) is 10.6. The van der Waals surface area contributed by atoms with Crippen LogP contribution in [-0.4, -0.2) is 40.4 Å². The van der Waals surface area contributed by atoms with Crippen molar-refractivity contribution in [3.63, 3.8) is 0 Å². The van der Waals surface area contributed by atoms with Crippen LogP contribution in [0.15, 0.2) is 27.7 Å². The molecular formula is C11H17NO4S. The number of hydrogen-bond acceptors (Lipinski definition) is 4. The van der Waals surface area contributed by atoms with Crippen LogP contribution in [0.4, 0.5) is 0 Å². The first-order chi connectivity index (χ1) is 7.75. The fourth-order valence-electron chi connectivity index (χ4n) is 1.96. The van der Waals surface area contributed by atoms with E-state index in [9.17, 15) is 8.42 Å². The highest BCUT2D eigenvalue weighted by atomic mass is 32.2. The molecule has 0 amide bonds. The SMILES string of the molecule is COC1(OC)C(C)=CC(=NS(C)(=O)=O)C=C1C. The molecule has 0 aliphatic heterocycles. The van der Waals surface area contributed by atoms with Gasteiger partial charge in [0, 0.05) is 14.2 Å². The highest BCUT2D eigenvalue weighted by Crippen LogP contribution is 2.33. The Morgan fingerprint density at radius 3 is 1.82 bits per heavy atom. The molecule has 96 valence electrons. The number of allylic oxidation sites excluding steroid dienone is 2. The molecule has 1 rings (SSSR count). The van der Waals surface area contributed by atoms with E-state index in [1.165, 1.54) is 14.2 Å². The highest BCUT2D eigenvalue weighted by Gasteiger charge is 2.36.